The van der Waals surface area contributed by atoms with Gasteiger partial charge in [0.2, 0.25) is 10.0 Å². The molecule has 1 aliphatic heterocycles. The molecule has 0 bridgehead atoms. The molecule has 1 saturated heterocycles. The molecule has 1 saturated carbocycles. The Balaban J connectivity index is 1.61. The van der Waals surface area contributed by atoms with Crippen LogP contribution in [0.25, 0.3) is 22.0 Å². The van der Waals surface area contributed by atoms with Crippen molar-refractivity contribution in [2.24, 2.45) is 11.1 Å². The van der Waals surface area contributed by atoms with Crippen molar-refractivity contribution >= 4 is 44.5 Å². The van der Waals surface area contributed by atoms with E-state index in [4.69, 9.17) is 5.14 Å². The Bertz CT molecular complexity index is 1420. The van der Waals surface area contributed by atoms with Gasteiger partial charge in [-0.05, 0) is 49.4 Å². The lowest BCUT2D eigenvalue weighted by Gasteiger charge is -2.44. The molecule has 2 aromatic carbocycles. The second-order valence-electron chi connectivity index (χ2n) is 9.36. The molecular formula is C25H28N4O4S2. The van der Waals surface area contributed by atoms with Crippen LogP contribution in [-0.4, -0.2) is 40.3 Å². The maximum absolute atomic E-state index is 13.7. The maximum Gasteiger partial charge on any atom is 0.286 e. The third-order valence-corrected chi connectivity index (χ3v) is 9.78. The number of aromatic nitrogens is 1. The highest BCUT2D eigenvalue weighted by molar-refractivity contribution is 8.02. The van der Waals surface area contributed by atoms with E-state index in [0.29, 0.717) is 16.5 Å². The first-order chi connectivity index (χ1) is 16.6. The minimum absolute atomic E-state index is 0.0388. The summed E-state index contributed by atoms with van der Waals surface area (Å²) in [5.41, 5.74) is 5.08. The third kappa shape index (κ3) is 4.03. The summed E-state index contributed by atoms with van der Waals surface area (Å²) in [6.07, 6.45) is 3.94. The summed E-state index contributed by atoms with van der Waals surface area (Å²) in [5.74, 6) is -0.313. The first-order valence-corrected chi connectivity index (χ1v) is 14.1. The molecule has 2 amide bonds. The van der Waals surface area contributed by atoms with Gasteiger partial charge >= 0.3 is 0 Å². The van der Waals surface area contributed by atoms with Gasteiger partial charge in [0, 0.05) is 16.5 Å². The number of carbonyl (C=O) groups is 2. The van der Waals surface area contributed by atoms with Crippen molar-refractivity contribution in [2.45, 2.75) is 54.5 Å². The van der Waals surface area contributed by atoms with Crippen LogP contribution in [0.4, 0.5) is 0 Å². The number of nitrogens with two attached hydrogens (primary N) is 1. The Hall–Kier alpha value is -2.82. The van der Waals surface area contributed by atoms with Crippen molar-refractivity contribution in [1.82, 2.24) is 15.4 Å². The lowest BCUT2D eigenvalue weighted by Crippen LogP contribution is -2.58. The fraction of sp³-hybridized carbons (Fsp3) is 0.360. The number of amides is 2. The normalized spacial score (nSPS) is 24.9. The summed E-state index contributed by atoms with van der Waals surface area (Å²) >= 11 is 1.63. The Morgan fingerprint density at radius 1 is 1.17 bits per heavy atom. The van der Waals surface area contributed by atoms with Gasteiger partial charge in [0.25, 0.3) is 11.8 Å². The Morgan fingerprint density at radius 3 is 2.60 bits per heavy atom. The average Bonchev–Trinajstić information content (AvgIpc) is 3.32. The zero-order valence-electron chi connectivity index (χ0n) is 19.6. The SMILES string of the molecule is CC1SC2(CCCCC2C)N(NC(=O)c2[nH]c3ccc(S(N)(=O)=O)cc3c2-c2ccccc2)C1=O. The molecule has 8 nitrogen and oxygen atoms in total. The number of carbonyl (C=O) groups excluding carboxylic acids is 2. The predicted molar refractivity (Wildman–Crippen MR) is 137 cm³/mol. The monoisotopic (exact) mass is 512 g/mol. The number of hydrazine groups is 1. The minimum Gasteiger partial charge on any atom is -0.350 e. The van der Waals surface area contributed by atoms with Gasteiger partial charge in [-0.1, -0.05) is 50.1 Å². The second-order valence-corrected chi connectivity index (χ2v) is 12.6. The number of fused-ring (bicyclic) bond motifs is 1. The number of hydrogen-bond donors (Lipinski definition) is 3. The van der Waals surface area contributed by atoms with Crippen molar-refractivity contribution in [3.63, 3.8) is 0 Å². The Morgan fingerprint density at radius 2 is 1.91 bits per heavy atom. The van der Waals surface area contributed by atoms with Crippen LogP contribution in [0, 0.1) is 5.92 Å². The number of H-pyrrole nitrogens is 1. The zero-order valence-corrected chi connectivity index (χ0v) is 21.2. The van der Waals surface area contributed by atoms with Gasteiger partial charge in [0.15, 0.2) is 0 Å². The number of sulfonamides is 1. The van der Waals surface area contributed by atoms with E-state index in [-0.39, 0.29) is 27.7 Å². The standard InChI is InChI=1S/C25H28N4O4S2/c1-15-8-6-7-13-25(15)29(24(31)16(2)34-25)28-23(30)22-21(17-9-4-3-5-10-17)19-14-18(35(26,32)33)11-12-20(19)27-22/h3-5,9-12,14-16,27H,6-8,13H2,1-2H3,(H,28,30)(H2,26,32,33). The van der Waals surface area contributed by atoms with Gasteiger partial charge in [-0.2, -0.15) is 0 Å². The van der Waals surface area contributed by atoms with E-state index in [1.54, 1.807) is 22.8 Å². The molecule has 1 aromatic heterocycles. The summed E-state index contributed by atoms with van der Waals surface area (Å²) in [7, 11) is -3.93. The molecule has 0 radical (unpaired) electrons. The summed E-state index contributed by atoms with van der Waals surface area (Å²) < 4.78 is 24.0. The molecule has 5 rings (SSSR count). The van der Waals surface area contributed by atoms with Crippen LogP contribution in [0.15, 0.2) is 53.4 Å². The van der Waals surface area contributed by atoms with Crippen molar-refractivity contribution in [3.8, 4) is 11.1 Å². The topological polar surface area (TPSA) is 125 Å². The quantitative estimate of drug-likeness (QED) is 0.487. The maximum atomic E-state index is 13.7. The van der Waals surface area contributed by atoms with E-state index in [2.05, 4.69) is 17.3 Å². The Kier molecular flexibility index (Phi) is 5.93. The summed E-state index contributed by atoms with van der Waals surface area (Å²) in [5, 5.41) is 7.24. The summed E-state index contributed by atoms with van der Waals surface area (Å²) in [4.78, 5) is 29.6. The predicted octanol–water partition coefficient (Wildman–Crippen LogP) is 4.00. The fourth-order valence-corrected chi connectivity index (χ4v) is 7.53. The molecule has 3 unspecified atom stereocenters. The number of thioether (sulfide) groups is 1. The average molecular weight is 513 g/mol. The lowest BCUT2D eigenvalue weighted by molar-refractivity contribution is -0.137. The second kappa shape index (κ2) is 8.69. The van der Waals surface area contributed by atoms with Crippen LogP contribution in [0.3, 0.4) is 0 Å². The van der Waals surface area contributed by atoms with Crippen LogP contribution in [0.1, 0.15) is 50.0 Å². The molecule has 35 heavy (non-hydrogen) atoms. The number of nitrogens with one attached hydrogen (secondary N) is 2. The third-order valence-electron chi connectivity index (χ3n) is 7.12. The molecular weight excluding hydrogens is 484 g/mol. The molecule has 1 aliphatic carbocycles. The fourth-order valence-electron chi connectivity index (χ4n) is 5.32. The van der Waals surface area contributed by atoms with Crippen molar-refractivity contribution in [3.05, 3.63) is 54.2 Å². The van der Waals surface area contributed by atoms with Crippen LogP contribution < -0.4 is 10.6 Å². The highest BCUT2D eigenvalue weighted by Crippen LogP contribution is 2.52. The summed E-state index contributed by atoms with van der Waals surface area (Å²) in [6.45, 7) is 4.03. The summed E-state index contributed by atoms with van der Waals surface area (Å²) in [6, 6.07) is 13.8. The van der Waals surface area contributed by atoms with E-state index < -0.39 is 20.8 Å². The first kappa shape index (κ1) is 23.9. The molecule has 1 spiro atoms. The van der Waals surface area contributed by atoms with E-state index in [9.17, 15) is 18.0 Å². The number of hydrogen-bond acceptors (Lipinski definition) is 5. The highest BCUT2D eigenvalue weighted by atomic mass is 32.2. The van der Waals surface area contributed by atoms with Crippen molar-refractivity contribution in [1.29, 1.82) is 0 Å². The molecule has 2 heterocycles. The van der Waals surface area contributed by atoms with Crippen LogP contribution in [-0.2, 0) is 14.8 Å². The molecule has 10 heteroatoms. The van der Waals surface area contributed by atoms with Crippen LogP contribution in [0.5, 0.6) is 0 Å². The van der Waals surface area contributed by atoms with E-state index in [0.717, 1.165) is 31.2 Å². The minimum atomic E-state index is -3.93. The largest absolute Gasteiger partial charge is 0.350 e. The number of nitrogens with zero attached hydrogens (tertiary/aromatic N) is 1. The molecule has 4 N–H and O–H groups in total. The van der Waals surface area contributed by atoms with E-state index in [1.807, 2.05) is 37.3 Å². The number of aromatic amines is 1. The van der Waals surface area contributed by atoms with Gasteiger partial charge in [-0.25, -0.2) is 18.6 Å². The number of primary sulfonamides is 1. The molecule has 3 aromatic rings. The van der Waals surface area contributed by atoms with Gasteiger partial charge in [-0.3, -0.25) is 15.0 Å². The van der Waals surface area contributed by atoms with Crippen molar-refractivity contribution < 1.29 is 18.0 Å². The Labute approximate surface area is 208 Å². The van der Waals surface area contributed by atoms with Gasteiger partial charge in [0.05, 0.1) is 10.1 Å². The van der Waals surface area contributed by atoms with E-state index in [1.165, 1.54) is 12.1 Å². The van der Waals surface area contributed by atoms with Crippen LogP contribution >= 0.6 is 11.8 Å². The van der Waals surface area contributed by atoms with E-state index >= 15 is 0 Å². The highest BCUT2D eigenvalue weighted by Gasteiger charge is 2.55. The van der Waals surface area contributed by atoms with Gasteiger partial charge < -0.3 is 4.98 Å². The molecule has 2 fully saturated rings. The number of benzene rings is 2. The number of rotatable bonds is 4. The van der Waals surface area contributed by atoms with Crippen molar-refractivity contribution in [2.75, 3.05) is 0 Å². The molecule has 184 valence electrons. The first-order valence-electron chi connectivity index (χ1n) is 11.7. The molecule has 3 atom stereocenters. The van der Waals surface area contributed by atoms with Gasteiger partial charge in [-0.15, -0.1) is 11.8 Å². The zero-order chi connectivity index (χ0) is 25.0. The van der Waals surface area contributed by atoms with Crippen LogP contribution in [0.2, 0.25) is 0 Å². The molecule has 2 aliphatic rings. The van der Waals surface area contributed by atoms with Gasteiger partial charge in [0.1, 0.15) is 10.6 Å². The smallest absolute Gasteiger partial charge is 0.286 e. The lowest BCUT2D eigenvalue weighted by atomic mass is 9.84.